The van der Waals surface area contributed by atoms with Gasteiger partial charge in [0.1, 0.15) is 5.82 Å². The number of hydrogen-bond donors (Lipinski definition) is 2. The average molecular weight is 338 g/mol. The molecule has 2 aromatic carbocycles. The lowest BCUT2D eigenvalue weighted by Gasteiger charge is -2.23. The second-order valence-electron chi connectivity index (χ2n) is 6.35. The molecule has 3 aromatic rings. The van der Waals surface area contributed by atoms with Crippen LogP contribution in [0.2, 0.25) is 0 Å². The lowest BCUT2D eigenvalue weighted by Crippen LogP contribution is -2.39. The van der Waals surface area contributed by atoms with E-state index in [9.17, 15) is 9.18 Å². The van der Waals surface area contributed by atoms with Crippen molar-refractivity contribution in [3.63, 3.8) is 0 Å². The van der Waals surface area contributed by atoms with Gasteiger partial charge in [0.15, 0.2) is 0 Å². The van der Waals surface area contributed by atoms with Gasteiger partial charge in [-0.05, 0) is 49.2 Å². The fourth-order valence-corrected chi connectivity index (χ4v) is 3.35. The molecule has 1 unspecified atom stereocenters. The molecule has 0 bridgehead atoms. The molecule has 1 aromatic heterocycles. The van der Waals surface area contributed by atoms with Crippen molar-refractivity contribution in [3.05, 3.63) is 59.9 Å². The Hall–Kier alpha value is -2.73. The highest BCUT2D eigenvalue weighted by Gasteiger charge is 2.31. The summed E-state index contributed by atoms with van der Waals surface area (Å²) in [5, 5.41) is 2.89. The van der Waals surface area contributed by atoms with E-state index in [1.165, 1.54) is 12.1 Å². The topological polar surface area (TPSA) is 61.0 Å². The summed E-state index contributed by atoms with van der Waals surface area (Å²) in [5.74, 6) is 0.169. The summed E-state index contributed by atoms with van der Waals surface area (Å²) in [6.07, 6.45) is 1.78. The van der Waals surface area contributed by atoms with Gasteiger partial charge in [0.25, 0.3) is 0 Å². The van der Waals surface area contributed by atoms with E-state index in [4.69, 9.17) is 0 Å². The molecule has 1 aliphatic heterocycles. The summed E-state index contributed by atoms with van der Waals surface area (Å²) in [6, 6.07) is 13.9. The number of nitrogens with zero attached hydrogens (tertiary/aromatic N) is 2. The summed E-state index contributed by atoms with van der Waals surface area (Å²) in [4.78, 5) is 22.3. The summed E-state index contributed by atoms with van der Waals surface area (Å²) in [6.45, 7) is 1.49. The van der Waals surface area contributed by atoms with Gasteiger partial charge in [-0.25, -0.2) is 9.37 Å². The van der Waals surface area contributed by atoms with Crippen molar-refractivity contribution < 1.29 is 9.18 Å². The van der Waals surface area contributed by atoms with Gasteiger partial charge >= 0.3 is 0 Å². The summed E-state index contributed by atoms with van der Waals surface area (Å²) < 4.78 is 13.0. The smallest absolute Gasteiger partial charge is 0.244 e. The molecule has 25 heavy (non-hydrogen) atoms. The Kier molecular flexibility index (Phi) is 4.19. The predicted molar refractivity (Wildman–Crippen MR) is 94.6 cm³/mol. The summed E-state index contributed by atoms with van der Waals surface area (Å²) in [5.41, 5.74) is 2.73. The van der Waals surface area contributed by atoms with Gasteiger partial charge in [0.05, 0.1) is 17.1 Å². The van der Waals surface area contributed by atoms with Gasteiger partial charge in [-0.2, -0.15) is 0 Å². The minimum atomic E-state index is -0.246. The summed E-state index contributed by atoms with van der Waals surface area (Å²) in [7, 11) is 0. The van der Waals surface area contributed by atoms with Crippen molar-refractivity contribution in [1.82, 2.24) is 14.9 Å². The molecule has 128 valence electrons. The highest BCUT2D eigenvalue weighted by Crippen LogP contribution is 2.22. The van der Waals surface area contributed by atoms with Crippen LogP contribution in [0.1, 0.15) is 18.4 Å². The minimum absolute atomic E-state index is 0.0568. The van der Waals surface area contributed by atoms with E-state index in [1.807, 2.05) is 24.3 Å². The predicted octanol–water partition coefficient (Wildman–Crippen LogP) is 3.31. The molecular formula is C19H19FN4O. The number of nitrogens with one attached hydrogen (secondary N) is 2. The van der Waals surface area contributed by atoms with Crippen LogP contribution in [0.4, 0.5) is 10.3 Å². The highest BCUT2D eigenvalue weighted by molar-refractivity contribution is 5.95. The normalized spacial score (nSPS) is 17.9. The molecule has 1 amide bonds. The van der Waals surface area contributed by atoms with E-state index in [1.54, 1.807) is 12.1 Å². The lowest BCUT2D eigenvalue weighted by atomic mass is 10.1. The van der Waals surface area contributed by atoms with E-state index in [-0.39, 0.29) is 17.8 Å². The molecular weight excluding hydrogens is 319 g/mol. The maximum atomic E-state index is 13.0. The minimum Gasteiger partial charge on any atom is -0.324 e. The number of likely N-dealkylation sites (tertiary alicyclic amines) is 1. The number of imidazole rings is 1. The van der Waals surface area contributed by atoms with Gasteiger partial charge in [0.2, 0.25) is 11.9 Å². The first-order valence-electron chi connectivity index (χ1n) is 8.43. The first-order chi connectivity index (χ1) is 12.2. The SMILES string of the molecule is O=C(Nc1nc2ccccc2[nH]1)C1CCCN1Cc1ccc(F)cc1. The third-order valence-corrected chi connectivity index (χ3v) is 4.60. The van der Waals surface area contributed by atoms with Gasteiger partial charge in [0, 0.05) is 6.54 Å². The maximum absolute atomic E-state index is 13.0. The molecule has 5 nitrogen and oxygen atoms in total. The molecule has 1 atom stereocenters. The number of amides is 1. The van der Waals surface area contributed by atoms with E-state index in [0.717, 1.165) is 36.0 Å². The van der Waals surface area contributed by atoms with Crippen LogP contribution in [0.3, 0.4) is 0 Å². The zero-order valence-corrected chi connectivity index (χ0v) is 13.7. The second-order valence-corrected chi connectivity index (χ2v) is 6.35. The fourth-order valence-electron chi connectivity index (χ4n) is 3.35. The van der Waals surface area contributed by atoms with Crippen molar-refractivity contribution >= 4 is 22.9 Å². The van der Waals surface area contributed by atoms with Crippen LogP contribution in [0.25, 0.3) is 11.0 Å². The zero-order chi connectivity index (χ0) is 17.2. The molecule has 2 heterocycles. The van der Waals surface area contributed by atoms with E-state index in [0.29, 0.717) is 12.5 Å². The summed E-state index contributed by atoms with van der Waals surface area (Å²) >= 11 is 0. The van der Waals surface area contributed by atoms with Crippen molar-refractivity contribution in [2.24, 2.45) is 0 Å². The zero-order valence-electron chi connectivity index (χ0n) is 13.7. The number of rotatable bonds is 4. The van der Waals surface area contributed by atoms with Crippen molar-refractivity contribution in [3.8, 4) is 0 Å². The number of carbonyl (C=O) groups is 1. The monoisotopic (exact) mass is 338 g/mol. The molecule has 1 fully saturated rings. The molecule has 0 saturated carbocycles. The number of para-hydroxylation sites is 2. The van der Waals surface area contributed by atoms with Gasteiger partial charge in [-0.3, -0.25) is 15.0 Å². The van der Waals surface area contributed by atoms with E-state index in [2.05, 4.69) is 20.2 Å². The van der Waals surface area contributed by atoms with Crippen LogP contribution in [0, 0.1) is 5.82 Å². The van der Waals surface area contributed by atoms with Crippen LogP contribution in [-0.2, 0) is 11.3 Å². The third-order valence-electron chi connectivity index (χ3n) is 4.60. The molecule has 1 saturated heterocycles. The molecule has 1 aliphatic rings. The van der Waals surface area contributed by atoms with Crippen LogP contribution >= 0.6 is 0 Å². The van der Waals surface area contributed by atoms with Crippen LogP contribution in [0.5, 0.6) is 0 Å². The quantitative estimate of drug-likeness (QED) is 0.767. The molecule has 2 N–H and O–H groups in total. The fraction of sp³-hybridized carbons (Fsp3) is 0.263. The average Bonchev–Trinajstić information content (AvgIpc) is 3.23. The van der Waals surface area contributed by atoms with Crippen LogP contribution < -0.4 is 5.32 Å². The van der Waals surface area contributed by atoms with Crippen molar-refractivity contribution in [2.45, 2.75) is 25.4 Å². The molecule has 6 heteroatoms. The number of H-pyrrole nitrogens is 1. The number of hydrogen-bond acceptors (Lipinski definition) is 3. The largest absolute Gasteiger partial charge is 0.324 e. The Labute approximate surface area is 144 Å². The molecule has 4 rings (SSSR count). The van der Waals surface area contributed by atoms with Crippen LogP contribution in [-0.4, -0.2) is 33.4 Å². The lowest BCUT2D eigenvalue weighted by molar-refractivity contribution is -0.120. The number of halogens is 1. The van der Waals surface area contributed by atoms with Crippen molar-refractivity contribution in [1.29, 1.82) is 0 Å². The van der Waals surface area contributed by atoms with Crippen LogP contribution in [0.15, 0.2) is 48.5 Å². The van der Waals surface area contributed by atoms with Gasteiger partial charge in [-0.1, -0.05) is 24.3 Å². The van der Waals surface area contributed by atoms with E-state index >= 15 is 0 Å². The maximum Gasteiger partial charge on any atom is 0.244 e. The second kappa shape index (κ2) is 6.64. The Morgan fingerprint density at radius 3 is 2.84 bits per heavy atom. The first-order valence-corrected chi connectivity index (χ1v) is 8.43. The van der Waals surface area contributed by atoms with E-state index < -0.39 is 0 Å². The van der Waals surface area contributed by atoms with Gasteiger partial charge in [-0.15, -0.1) is 0 Å². The standard InChI is InChI=1S/C19H19FN4O/c20-14-9-7-13(8-10-14)12-24-11-3-6-17(24)18(25)23-19-21-15-4-1-2-5-16(15)22-19/h1-2,4-5,7-10,17H,3,6,11-12H2,(H2,21,22,23,25). The number of anilines is 1. The van der Waals surface area contributed by atoms with Gasteiger partial charge < -0.3 is 4.98 Å². The number of benzene rings is 2. The number of fused-ring (bicyclic) bond motifs is 1. The number of carbonyl (C=O) groups excluding carboxylic acids is 1. The Morgan fingerprint density at radius 1 is 1.24 bits per heavy atom. The number of aromatic amines is 1. The first kappa shape index (κ1) is 15.8. The number of aromatic nitrogens is 2. The highest BCUT2D eigenvalue weighted by atomic mass is 19.1. The Morgan fingerprint density at radius 2 is 2.04 bits per heavy atom. The Balaban J connectivity index is 1.45. The molecule has 0 aliphatic carbocycles. The molecule has 0 spiro atoms. The molecule has 0 radical (unpaired) electrons. The Bertz CT molecular complexity index is 857. The van der Waals surface area contributed by atoms with Crippen molar-refractivity contribution in [2.75, 3.05) is 11.9 Å². The third kappa shape index (κ3) is 3.39.